The Bertz CT molecular complexity index is 8870. The molecule has 0 atom stereocenters. The molecule has 3 aromatic heterocycles. The number of para-hydroxylation sites is 11. The summed E-state index contributed by atoms with van der Waals surface area (Å²) in [6.45, 7) is 0. The number of hydrogen-bond acceptors (Lipinski definition) is 9. The van der Waals surface area contributed by atoms with Crippen LogP contribution in [0.1, 0.15) is 0 Å². The lowest BCUT2D eigenvalue weighted by Gasteiger charge is -2.29. The summed E-state index contributed by atoms with van der Waals surface area (Å²) in [6, 6.07) is 175. The number of nitrogens with zero attached hydrogens (tertiary/aromatic N) is 9. The Morgan fingerprint density at radius 3 is 0.679 bits per heavy atom. The van der Waals surface area contributed by atoms with Crippen molar-refractivity contribution < 1.29 is 8.78 Å². The molecule has 24 aromatic carbocycles. The Morgan fingerprint density at radius 2 is 0.371 bits per heavy atom. The second-order valence-corrected chi connectivity index (χ2v) is 35.2. The van der Waals surface area contributed by atoms with E-state index in [-0.39, 0.29) is 11.6 Å². The summed E-state index contributed by atoms with van der Waals surface area (Å²) in [7, 11) is 0. The molecule has 0 radical (unpaired) electrons. The van der Waals surface area contributed by atoms with Crippen molar-refractivity contribution in [2.75, 3.05) is 29.4 Å². The highest BCUT2D eigenvalue weighted by atomic mass is 19.1. The standard InChI is InChI=1S/2C43H28FN3.C43H29N3/c44-36-16-8-10-18-40(36)46(32-12-3-1-4-13-32)38-26-21-30-20-25-35-39(27-22-31-19-24-34(38)42(30)43(31)35)47(33-14-5-2-6-15-33)41-28-23-29-11-7-9-17-37(29)45-41;44-37-17-9-10-18-40(37)46(33-13-3-1-4-14-33)38-25-21-29-20-24-36-39(26-22-30-19-23-35(38)42(29)43(30)36)47(34-15-5-2-6-16-34)41-27-31-11-7-8-12-32(31)28-45-41;1-4-13-33(14-5-1)45(34-15-6-2-7-16-34)39-27-22-31-21-26-37-40(28-23-32-20-25-36(39)42(31)43(32)37)46(35-17-8-3-9-18-35)41-29-24-30-12-10-11-19-38(30)44-41/h2*1-28H;1-29H. The molecule has 140 heavy (non-hydrogen) atoms. The molecular formula is C129H85F2N9. The lowest BCUT2D eigenvalue weighted by molar-refractivity contribution is 0.628. The maximum Gasteiger partial charge on any atom is 0.147 e. The van der Waals surface area contributed by atoms with Crippen LogP contribution in [0.15, 0.2) is 516 Å². The molecule has 0 aliphatic rings. The quantitative estimate of drug-likeness (QED) is 0.0782. The molecule has 3 heterocycles. The van der Waals surface area contributed by atoms with E-state index in [4.69, 9.17) is 15.0 Å². The summed E-state index contributed by atoms with van der Waals surface area (Å²) >= 11 is 0. The third kappa shape index (κ3) is 14.8. The first-order valence-corrected chi connectivity index (χ1v) is 47.2. The van der Waals surface area contributed by atoms with Crippen LogP contribution in [0.2, 0.25) is 0 Å². The fourth-order valence-corrected chi connectivity index (χ4v) is 20.8. The maximum atomic E-state index is 15.5. The largest absolute Gasteiger partial charge is 0.310 e. The molecule has 27 rings (SSSR count). The van der Waals surface area contributed by atoms with Crippen LogP contribution in [-0.4, -0.2) is 15.0 Å². The molecule has 0 aliphatic heterocycles. The first-order valence-electron chi connectivity index (χ1n) is 47.2. The number of rotatable bonds is 18. The van der Waals surface area contributed by atoms with Crippen LogP contribution in [-0.2, 0) is 0 Å². The van der Waals surface area contributed by atoms with Crippen molar-refractivity contribution in [3.8, 4) is 0 Å². The van der Waals surface area contributed by atoms with Gasteiger partial charge in [-0.1, -0.05) is 322 Å². The molecular weight excluding hydrogens is 1710 g/mol. The molecule has 0 amide bonds. The summed E-state index contributed by atoms with van der Waals surface area (Å²) < 4.78 is 31.0. The average Bonchev–Trinajstić information content (AvgIpc) is 0.725. The number of hydrogen-bond donors (Lipinski definition) is 0. The minimum absolute atomic E-state index is 0.272. The van der Waals surface area contributed by atoms with E-state index in [1.807, 2.05) is 137 Å². The van der Waals surface area contributed by atoms with Gasteiger partial charge in [0.05, 0.1) is 56.5 Å². The zero-order chi connectivity index (χ0) is 93.1. The van der Waals surface area contributed by atoms with Crippen molar-refractivity contribution in [2.45, 2.75) is 0 Å². The predicted molar refractivity (Wildman–Crippen MR) is 584 cm³/mol. The minimum atomic E-state index is -0.272. The molecule has 11 heteroatoms. The minimum Gasteiger partial charge on any atom is -0.310 e. The van der Waals surface area contributed by atoms with E-state index in [1.54, 1.807) is 12.1 Å². The van der Waals surface area contributed by atoms with Gasteiger partial charge in [0.2, 0.25) is 0 Å². The van der Waals surface area contributed by atoms with Gasteiger partial charge >= 0.3 is 0 Å². The van der Waals surface area contributed by atoms with Crippen molar-refractivity contribution in [1.82, 2.24) is 15.0 Å². The normalized spacial score (nSPS) is 11.5. The molecule has 0 aliphatic carbocycles. The van der Waals surface area contributed by atoms with E-state index in [0.29, 0.717) is 11.4 Å². The molecule has 0 fully saturated rings. The Balaban J connectivity index is 0.000000111. The van der Waals surface area contributed by atoms with Gasteiger partial charge in [-0.25, -0.2) is 23.7 Å². The van der Waals surface area contributed by atoms with Crippen LogP contribution in [0, 0.1) is 11.6 Å². The highest BCUT2D eigenvalue weighted by molar-refractivity contribution is 6.31. The lowest BCUT2D eigenvalue weighted by atomic mass is 9.92. The fourth-order valence-electron chi connectivity index (χ4n) is 20.8. The van der Waals surface area contributed by atoms with E-state index in [9.17, 15) is 0 Å². The first kappa shape index (κ1) is 83.1. The van der Waals surface area contributed by atoms with E-state index >= 15 is 8.78 Å². The number of anilines is 18. The zero-order valence-electron chi connectivity index (χ0n) is 75.9. The molecule has 9 nitrogen and oxygen atoms in total. The highest BCUT2D eigenvalue weighted by Gasteiger charge is 2.29. The van der Waals surface area contributed by atoms with Crippen molar-refractivity contribution in [3.63, 3.8) is 0 Å². The molecule has 660 valence electrons. The van der Waals surface area contributed by atoms with Crippen molar-refractivity contribution in [1.29, 1.82) is 0 Å². The van der Waals surface area contributed by atoms with Crippen molar-refractivity contribution in [2.24, 2.45) is 0 Å². The van der Waals surface area contributed by atoms with Gasteiger partial charge in [0.1, 0.15) is 29.1 Å². The molecule has 0 bridgehead atoms. The van der Waals surface area contributed by atoms with Crippen LogP contribution < -0.4 is 29.4 Å². The predicted octanol–water partition coefficient (Wildman–Crippen LogP) is 36.5. The van der Waals surface area contributed by atoms with Crippen LogP contribution in [0.4, 0.5) is 112 Å². The van der Waals surface area contributed by atoms with Gasteiger partial charge in [0, 0.05) is 94.5 Å². The number of halogens is 2. The molecule has 0 spiro atoms. The van der Waals surface area contributed by atoms with Gasteiger partial charge in [-0.3, -0.25) is 14.7 Å². The molecule has 0 N–H and O–H groups in total. The van der Waals surface area contributed by atoms with Crippen LogP contribution >= 0.6 is 0 Å². The van der Waals surface area contributed by atoms with Crippen molar-refractivity contribution in [3.05, 3.63) is 527 Å². The Labute approximate surface area is 807 Å². The molecule has 0 saturated carbocycles. The second kappa shape index (κ2) is 35.6. The maximum absolute atomic E-state index is 15.5. The van der Waals surface area contributed by atoms with E-state index in [1.165, 1.54) is 55.2 Å². The SMILES string of the molecule is Fc1ccccc1N(c1ccccc1)c1ccc2ccc3c(N(c4ccccc4)c4cc5ccccc5cn4)ccc4ccc1c2c43.Fc1ccccc1N(c1ccccc1)c1ccc2ccc3c(N(c4ccccc4)c4ccc5ccccc5n4)ccc4ccc1c2c43.c1ccc(N(c2ccccc2)c2ccc3ccc4c(N(c5ccccc5)c5ccc6ccccc6n5)ccc5ccc2c3c54)cc1. The average molecular weight is 1800 g/mol. The number of aromatic nitrogens is 3. The van der Waals surface area contributed by atoms with E-state index in [0.717, 1.165) is 178 Å². The number of fused-ring (bicyclic) bond motifs is 3. The monoisotopic (exact) mass is 1800 g/mol. The van der Waals surface area contributed by atoms with Gasteiger partial charge in [-0.2, -0.15) is 0 Å². The van der Waals surface area contributed by atoms with Crippen LogP contribution in [0.3, 0.4) is 0 Å². The van der Waals surface area contributed by atoms with Gasteiger partial charge < -0.3 is 14.7 Å². The summed E-state index contributed by atoms with van der Waals surface area (Å²) in [5.74, 6) is 2.04. The molecule has 0 unspecified atom stereocenters. The molecule has 27 aromatic rings. The van der Waals surface area contributed by atoms with Crippen molar-refractivity contribution >= 4 is 232 Å². The highest BCUT2D eigenvalue weighted by Crippen LogP contribution is 2.54. The fraction of sp³-hybridized carbons (Fsp3) is 0. The number of benzene rings is 24. The van der Waals surface area contributed by atoms with E-state index < -0.39 is 0 Å². The topological polar surface area (TPSA) is 58.1 Å². The van der Waals surface area contributed by atoms with Crippen LogP contribution in [0.25, 0.3) is 130 Å². The summed E-state index contributed by atoms with van der Waals surface area (Å²) in [4.78, 5) is 28.5. The number of pyridine rings is 3. The summed E-state index contributed by atoms with van der Waals surface area (Å²) in [5, 5.41) is 25.4. The second-order valence-electron chi connectivity index (χ2n) is 35.2. The smallest absolute Gasteiger partial charge is 0.147 e. The third-order valence-corrected chi connectivity index (χ3v) is 27.1. The summed E-state index contributed by atoms with van der Waals surface area (Å²) in [6.07, 6.45) is 1.95. The van der Waals surface area contributed by atoms with Gasteiger partial charge in [-0.05, 0) is 258 Å². The molecule has 0 saturated heterocycles. The lowest BCUT2D eigenvalue weighted by Crippen LogP contribution is -2.13. The third-order valence-electron chi connectivity index (χ3n) is 27.1. The van der Waals surface area contributed by atoms with E-state index in [2.05, 4.69) is 384 Å². The van der Waals surface area contributed by atoms with Crippen LogP contribution in [0.5, 0.6) is 0 Å². The Hall–Kier alpha value is -18.7. The Morgan fingerprint density at radius 1 is 0.150 bits per heavy atom. The first-order chi connectivity index (χ1) is 69.3. The Kier molecular flexibility index (Phi) is 21.1. The zero-order valence-corrected chi connectivity index (χ0v) is 75.9. The van der Waals surface area contributed by atoms with Gasteiger partial charge in [0.15, 0.2) is 0 Å². The summed E-state index contributed by atoms with van der Waals surface area (Å²) in [5.41, 5.74) is 16.3. The van der Waals surface area contributed by atoms with Gasteiger partial charge in [-0.15, -0.1) is 0 Å². The van der Waals surface area contributed by atoms with Gasteiger partial charge in [0.25, 0.3) is 0 Å².